The molecule has 3 rings (SSSR count). The van der Waals surface area contributed by atoms with E-state index in [0.29, 0.717) is 36.0 Å². The lowest BCUT2D eigenvalue weighted by Crippen LogP contribution is -2.30. The van der Waals surface area contributed by atoms with Gasteiger partial charge in [0, 0.05) is 17.3 Å². The summed E-state index contributed by atoms with van der Waals surface area (Å²) in [5, 5.41) is 18.1. The van der Waals surface area contributed by atoms with E-state index in [0.717, 1.165) is 15.4 Å². The Morgan fingerprint density at radius 3 is 2.59 bits per heavy atom. The first-order valence-electron chi connectivity index (χ1n) is 11.8. The highest BCUT2D eigenvalue weighted by molar-refractivity contribution is 7.11. The Morgan fingerprint density at radius 2 is 1.92 bits per heavy atom. The molecule has 196 valence electrons. The van der Waals surface area contributed by atoms with Crippen LogP contribution in [0.1, 0.15) is 48.2 Å². The van der Waals surface area contributed by atoms with Crippen LogP contribution >= 0.6 is 11.3 Å². The second kappa shape index (κ2) is 13.4. The first kappa shape index (κ1) is 27.6. The van der Waals surface area contributed by atoms with Gasteiger partial charge in [0.2, 0.25) is 5.91 Å². The first-order chi connectivity index (χ1) is 17.7. The van der Waals surface area contributed by atoms with Gasteiger partial charge in [-0.2, -0.15) is 0 Å². The molecule has 0 radical (unpaired) electrons. The number of hydrogen-bond acceptors (Lipinski definition) is 7. The Kier molecular flexibility index (Phi) is 9.96. The first-order valence-corrected chi connectivity index (χ1v) is 12.7. The van der Waals surface area contributed by atoms with Crippen LogP contribution in [0, 0.1) is 5.92 Å². The summed E-state index contributed by atoms with van der Waals surface area (Å²) in [4.78, 5) is 45.5. The van der Waals surface area contributed by atoms with E-state index in [1.54, 1.807) is 48.8 Å². The minimum absolute atomic E-state index is 0.0420. The Bertz CT molecular complexity index is 1220. The Labute approximate surface area is 219 Å². The molecule has 4 N–H and O–H groups in total. The number of aryl methyl sites for hydroxylation is 1. The van der Waals surface area contributed by atoms with E-state index >= 15 is 0 Å². The van der Waals surface area contributed by atoms with E-state index in [-0.39, 0.29) is 24.8 Å². The number of carbonyl (C=O) groups is 3. The molecule has 3 aromatic rings. The highest BCUT2D eigenvalue weighted by Crippen LogP contribution is 2.28. The molecular formula is C26H31N5O5S. The third kappa shape index (κ3) is 8.87. The molecular weight excluding hydrogens is 494 g/mol. The quantitative estimate of drug-likeness (QED) is 0.269. The standard InChI is InChI=1S/C26H31N5O5S/c1-16(2)12-20(25-28-15-18(37-25)8-10-24(33)34)29-23(32)14-17-7-9-19(21(13-17)36-3)30-26(35)31-22-6-4-5-11-27-22/h4-7,9,11,13,15-16,20H,8,10,12,14H2,1-3H3,(H,29,32)(H,33,34)(H2,27,30,31,35). The molecule has 1 unspecified atom stereocenters. The minimum Gasteiger partial charge on any atom is -0.495 e. The number of nitrogens with one attached hydrogen (secondary N) is 3. The molecule has 10 nitrogen and oxygen atoms in total. The summed E-state index contributed by atoms with van der Waals surface area (Å²) in [7, 11) is 1.49. The van der Waals surface area contributed by atoms with Gasteiger partial charge in [-0.3, -0.25) is 14.9 Å². The number of aromatic nitrogens is 2. The summed E-state index contributed by atoms with van der Waals surface area (Å²) in [6.07, 6.45) is 4.53. The SMILES string of the molecule is COc1cc(CC(=O)NC(CC(C)C)c2ncc(CCC(=O)O)s2)ccc1NC(=O)Nc1ccccn1. The van der Waals surface area contributed by atoms with Gasteiger partial charge in [0.05, 0.1) is 31.7 Å². The van der Waals surface area contributed by atoms with Crippen molar-refractivity contribution in [2.75, 3.05) is 17.7 Å². The highest BCUT2D eigenvalue weighted by Gasteiger charge is 2.20. The van der Waals surface area contributed by atoms with Crippen molar-refractivity contribution in [2.45, 2.75) is 45.6 Å². The van der Waals surface area contributed by atoms with E-state index < -0.39 is 12.0 Å². The van der Waals surface area contributed by atoms with Gasteiger partial charge < -0.3 is 20.5 Å². The van der Waals surface area contributed by atoms with Gasteiger partial charge in [0.1, 0.15) is 16.6 Å². The molecule has 0 saturated carbocycles. The largest absolute Gasteiger partial charge is 0.495 e. The van der Waals surface area contributed by atoms with Crippen LogP contribution in [-0.4, -0.2) is 40.1 Å². The molecule has 1 aromatic carbocycles. The van der Waals surface area contributed by atoms with Crippen molar-refractivity contribution in [3.05, 3.63) is 64.2 Å². The number of carbonyl (C=O) groups excluding carboxylic acids is 2. The second-order valence-corrected chi connectivity index (χ2v) is 9.96. The zero-order valence-corrected chi connectivity index (χ0v) is 21.8. The van der Waals surface area contributed by atoms with Gasteiger partial charge in [-0.15, -0.1) is 11.3 Å². The van der Waals surface area contributed by atoms with Crippen molar-refractivity contribution in [1.29, 1.82) is 0 Å². The van der Waals surface area contributed by atoms with Gasteiger partial charge in [0.25, 0.3) is 0 Å². The van der Waals surface area contributed by atoms with Gasteiger partial charge in [-0.05, 0) is 48.6 Å². The second-order valence-electron chi connectivity index (χ2n) is 8.81. The maximum absolute atomic E-state index is 12.9. The fourth-order valence-electron chi connectivity index (χ4n) is 3.61. The lowest BCUT2D eigenvalue weighted by molar-refractivity contribution is -0.137. The maximum atomic E-state index is 12.9. The monoisotopic (exact) mass is 525 g/mol. The number of ether oxygens (including phenoxy) is 1. The minimum atomic E-state index is -0.854. The van der Waals surface area contributed by atoms with Gasteiger partial charge in [-0.25, -0.2) is 14.8 Å². The predicted octanol–water partition coefficient (Wildman–Crippen LogP) is 4.65. The zero-order chi connectivity index (χ0) is 26.8. The van der Waals surface area contributed by atoms with Crippen molar-refractivity contribution in [3.63, 3.8) is 0 Å². The number of aliphatic carboxylic acids is 1. The predicted molar refractivity (Wildman–Crippen MR) is 142 cm³/mol. The highest BCUT2D eigenvalue weighted by atomic mass is 32.1. The van der Waals surface area contributed by atoms with E-state index in [1.165, 1.54) is 18.4 Å². The van der Waals surface area contributed by atoms with Crippen molar-refractivity contribution < 1.29 is 24.2 Å². The number of amides is 3. The molecule has 0 aliphatic heterocycles. The van der Waals surface area contributed by atoms with E-state index in [9.17, 15) is 14.4 Å². The summed E-state index contributed by atoms with van der Waals surface area (Å²) in [6, 6.07) is 9.60. The fourth-order valence-corrected chi connectivity index (χ4v) is 4.59. The molecule has 1 atom stereocenters. The van der Waals surface area contributed by atoms with Gasteiger partial charge in [-0.1, -0.05) is 26.0 Å². The number of methoxy groups -OCH3 is 1. The molecule has 2 aromatic heterocycles. The fraction of sp³-hybridized carbons (Fsp3) is 0.346. The number of carboxylic acid groups (broad SMARTS) is 1. The lowest BCUT2D eigenvalue weighted by Gasteiger charge is -2.19. The third-order valence-corrected chi connectivity index (χ3v) is 6.45. The molecule has 11 heteroatoms. The third-order valence-electron chi connectivity index (χ3n) is 5.28. The Hall–Kier alpha value is -3.99. The number of thiazole rings is 1. The molecule has 0 spiro atoms. The summed E-state index contributed by atoms with van der Waals surface area (Å²) in [6.45, 7) is 4.14. The maximum Gasteiger partial charge on any atom is 0.324 e. The van der Waals surface area contributed by atoms with E-state index in [2.05, 4.69) is 39.8 Å². The van der Waals surface area contributed by atoms with Crippen LogP contribution in [0.25, 0.3) is 0 Å². The van der Waals surface area contributed by atoms with Crippen molar-refractivity contribution >= 4 is 40.7 Å². The van der Waals surface area contributed by atoms with Crippen molar-refractivity contribution in [2.24, 2.45) is 5.92 Å². The Morgan fingerprint density at radius 1 is 1.11 bits per heavy atom. The number of pyridine rings is 1. The number of anilines is 2. The number of carboxylic acids is 1. The molecule has 0 fully saturated rings. The summed E-state index contributed by atoms with van der Waals surface area (Å²) < 4.78 is 5.42. The molecule has 2 heterocycles. The average Bonchev–Trinajstić information content (AvgIpc) is 3.33. The lowest BCUT2D eigenvalue weighted by atomic mass is 10.0. The number of urea groups is 1. The van der Waals surface area contributed by atoms with Gasteiger partial charge in [0.15, 0.2) is 0 Å². The smallest absolute Gasteiger partial charge is 0.324 e. The van der Waals surface area contributed by atoms with Crippen LogP contribution in [0.2, 0.25) is 0 Å². The number of benzene rings is 1. The van der Waals surface area contributed by atoms with Crippen LogP contribution in [0.4, 0.5) is 16.3 Å². The topological polar surface area (TPSA) is 143 Å². The van der Waals surface area contributed by atoms with Crippen molar-refractivity contribution in [1.82, 2.24) is 15.3 Å². The van der Waals surface area contributed by atoms with Crippen LogP contribution in [0.5, 0.6) is 5.75 Å². The molecule has 37 heavy (non-hydrogen) atoms. The summed E-state index contributed by atoms with van der Waals surface area (Å²) in [5.74, 6) is 0.121. The molecule has 3 amide bonds. The van der Waals surface area contributed by atoms with Crippen LogP contribution in [0.3, 0.4) is 0 Å². The van der Waals surface area contributed by atoms with Crippen LogP contribution < -0.4 is 20.7 Å². The van der Waals surface area contributed by atoms with Crippen molar-refractivity contribution in [3.8, 4) is 5.75 Å². The summed E-state index contributed by atoms with van der Waals surface area (Å²) in [5.41, 5.74) is 1.17. The summed E-state index contributed by atoms with van der Waals surface area (Å²) >= 11 is 1.43. The number of hydrogen-bond donors (Lipinski definition) is 4. The zero-order valence-electron chi connectivity index (χ0n) is 21.0. The van der Waals surface area contributed by atoms with E-state index in [1.807, 2.05) is 0 Å². The van der Waals surface area contributed by atoms with Crippen LogP contribution in [0.15, 0.2) is 48.8 Å². The van der Waals surface area contributed by atoms with E-state index in [4.69, 9.17) is 9.84 Å². The number of nitrogens with zero attached hydrogens (tertiary/aromatic N) is 2. The average molecular weight is 526 g/mol. The Balaban J connectivity index is 1.63. The molecule has 0 aliphatic rings. The van der Waals surface area contributed by atoms with Crippen LogP contribution in [-0.2, 0) is 22.4 Å². The molecule has 0 bridgehead atoms. The molecule has 0 saturated heterocycles. The molecule has 0 aliphatic carbocycles. The number of rotatable bonds is 12. The van der Waals surface area contributed by atoms with Gasteiger partial charge >= 0.3 is 12.0 Å². The normalized spacial score (nSPS) is 11.6.